The lowest BCUT2D eigenvalue weighted by atomic mass is 10.0. The topological polar surface area (TPSA) is 148 Å². The molecule has 3 atom stereocenters. The fourth-order valence-corrected chi connectivity index (χ4v) is 6.75. The van der Waals surface area contributed by atoms with E-state index >= 15 is 0 Å². The van der Waals surface area contributed by atoms with Gasteiger partial charge in [0.15, 0.2) is 0 Å². The lowest BCUT2D eigenvalue weighted by Gasteiger charge is -2.28. The molecule has 3 fully saturated rings. The third kappa shape index (κ3) is 13.6. The van der Waals surface area contributed by atoms with Gasteiger partial charge >= 0.3 is 6.09 Å². The maximum atomic E-state index is 13.1. The van der Waals surface area contributed by atoms with Crippen molar-refractivity contribution >= 4 is 41.7 Å². The van der Waals surface area contributed by atoms with Crippen molar-refractivity contribution < 1.29 is 33.5 Å². The monoisotopic (exact) mass is 717 g/mol. The molecule has 4 N–H and O–H groups in total. The van der Waals surface area contributed by atoms with E-state index in [4.69, 9.17) is 5.11 Å². The van der Waals surface area contributed by atoms with Crippen molar-refractivity contribution in [3.63, 3.8) is 0 Å². The summed E-state index contributed by atoms with van der Waals surface area (Å²) in [6.07, 6.45) is 13.2. The Morgan fingerprint density at radius 1 is 1.00 bits per heavy atom. The third-order valence-electron chi connectivity index (χ3n) is 8.98. The predicted octanol–water partition coefficient (Wildman–Crippen LogP) is 6.07. The van der Waals surface area contributed by atoms with E-state index in [1.54, 1.807) is 18.2 Å². The number of halogens is 1. The molecule has 50 heavy (non-hydrogen) atoms. The molecule has 3 unspecified atom stereocenters. The fourth-order valence-electron chi connectivity index (χ4n) is 5.97. The van der Waals surface area contributed by atoms with Gasteiger partial charge in [0.25, 0.3) is 5.91 Å². The van der Waals surface area contributed by atoms with Gasteiger partial charge in [-0.1, -0.05) is 63.7 Å². The lowest BCUT2D eigenvalue weighted by Crippen LogP contribution is -2.54. The molecule has 2 heterocycles. The van der Waals surface area contributed by atoms with Gasteiger partial charge < -0.3 is 20.6 Å². The first-order chi connectivity index (χ1) is 23.7. The van der Waals surface area contributed by atoms with E-state index in [1.165, 1.54) is 66.3 Å². The molecule has 0 radical (unpaired) electrons. The summed E-state index contributed by atoms with van der Waals surface area (Å²) in [5.74, 6) is -1.58. The van der Waals surface area contributed by atoms with Crippen molar-refractivity contribution in [1.29, 1.82) is 0 Å². The highest BCUT2D eigenvalue weighted by molar-refractivity contribution is 7.98. The number of nitrogens with zero attached hydrogens (tertiary/aromatic N) is 2. The van der Waals surface area contributed by atoms with E-state index in [1.807, 2.05) is 27.7 Å². The average molecular weight is 718 g/mol. The normalized spacial score (nSPS) is 19.3. The molecule has 2 aliphatic heterocycles. The number of hydrogen-bond acceptors (Lipinski definition) is 6. The van der Waals surface area contributed by atoms with Gasteiger partial charge in [0, 0.05) is 48.2 Å². The molecular weight excluding hydrogens is 662 g/mol. The van der Waals surface area contributed by atoms with E-state index in [2.05, 4.69) is 21.9 Å². The molecule has 2 aliphatic carbocycles. The number of carbonyl (C=O) groups is 5. The maximum absolute atomic E-state index is 13.1. The maximum Gasteiger partial charge on any atom is 0.407 e. The molecule has 1 aromatic carbocycles. The highest BCUT2D eigenvalue weighted by Crippen LogP contribution is 2.32. The second-order valence-electron chi connectivity index (χ2n) is 14.5. The zero-order valence-electron chi connectivity index (χ0n) is 30.1. The summed E-state index contributed by atoms with van der Waals surface area (Å²) in [6.45, 7) is 12.2. The number of fused-ring (bicyclic) bond motifs is 1. The number of nitrogens with one attached hydrogen (secondary N) is 3. The second kappa shape index (κ2) is 19.7. The number of hydrogen-bond donors (Lipinski definition) is 4. The molecule has 11 nitrogen and oxygen atoms in total. The van der Waals surface area contributed by atoms with Gasteiger partial charge in [-0.05, 0) is 70.0 Å². The molecule has 0 bridgehead atoms. The van der Waals surface area contributed by atoms with Crippen LogP contribution in [0, 0.1) is 11.7 Å². The van der Waals surface area contributed by atoms with Crippen LogP contribution < -0.4 is 15.4 Å². The molecule has 1 saturated heterocycles. The van der Waals surface area contributed by atoms with Gasteiger partial charge in [0.1, 0.15) is 17.9 Å². The van der Waals surface area contributed by atoms with Crippen LogP contribution in [-0.2, 0) is 32.3 Å². The van der Waals surface area contributed by atoms with Gasteiger partial charge in [0.2, 0.25) is 17.7 Å². The standard InChI is InChI=1S/C22H36N4O4S.C9H8FNO2.C6H12/c1-6-14(2)19(21(30)25-31-15-9-10-15)23-20(29)16-8-7-13-26(16)18(28)12-11-17(27)24-22(3,4)5;10-8-3-1-2-6-4-11(9(12)13)5-7(6)8;1-2-4-6-5-3-1/h6,14-16,19H,1,7-13H2,2-5H3,(H,23,29)(H,24,27)(H,25,30);1-3H,4-5H2,(H,12,13);1-6H2. The van der Waals surface area contributed by atoms with Crippen molar-refractivity contribution in [2.75, 3.05) is 6.54 Å². The van der Waals surface area contributed by atoms with Crippen LogP contribution >= 0.6 is 11.9 Å². The SMILES string of the molecule is C1CCCCC1.C=CC(C)C(NC(=O)C1CCCN1C(=O)CCC(=O)NC(C)(C)C)C(=O)NSC1CC1.O=C(O)N1Cc2cccc(F)c2C1. The predicted molar refractivity (Wildman–Crippen MR) is 193 cm³/mol. The Balaban J connectivity index is 0.000000286. The Hall–Kier alpha value is -3.61. The van der Waals surface area contributed by atoms with Crippen LogP contribution in [0.4, 0.5) is 9.18 Å². The number of likely N-dealkylation sites (tertiary alicyclic amines) is 1. The van der Waals surface area contributed by atoms with E-state index in [0.29, 0.717) is 36.7 Å². The van der Waals surface area contributed by atoms with Crippen molar-refractivity contribution in [1.82, 2.24) is 25.2 Å². The Kier molecular flexibility index (Phi) is 16.1. The van der Waals surface area contributed by atoms with Gasteiger partial charge in [0.05, 0.1) is 6.54 Å². The minimum Gasteiger partial charge on any atom is -0.465 e. The number of carboxylic acid groups (broad SMARTS) is 1. The van der Waals surface area contributed by atoms with E-state index in [0.717, 1.165) is 18.4 Å². The molecule has 5 amide bonds. The number of rotatable bonds is 10. The molecule has 2 saturated carbocycles. The largest absolute Gasteiger partial charge is 0.465 e. The van der Waals surface area contributed by atoms with Crippen molar-refractivity contribution in [3.05, 3.63) is 47.8 Å². The summed E-state index contributed by atoms with van der Waals surface area (Å²) >= 11 is 1.40. The summed E-state index contributed by atoms with van der Waals surface area (Å²) in [5.41, 5.74) is 0.915. The van der Waals surface area contributed by atoms with Crippen LogP contribution in [0.1, 0.15) is 116 Å². The minimum absolute atomic E-state index is 0.0523. The smallest absolute Gasteiger partial charge is 0.407 e. The first kappa shape index (κ1) is 40.8. The van der Waals surface area contributed by atoms with Crippen molar-refractivity contribution in [2.45, 2.75) is 141 Å². The summed E-state index contributed by atoms with van der Waals surface area (Å²) in [7, 11) is 0. The Labute approximate surface area is 300 Å². The summed E-state index contributed by atoms with van der Waals surface area (Å²) in [5, 5.41) is 14.8. The molecule has 278 valence electrons. The molecule has 0 aromatic heterocycles. The summed E-state index contributed by atoms with van der Waals surface area (Å²) in [6, 6.07) is 3.33. The number of carbonyl (C=O) groups excluding carboxylic acids is 4. The zero-order chi connectivity index (χ0) is 36.8. The third-order valence-corrected chi connectivity index (χ3v) is 10.1. The number of amides is 5. The first-order valence-corrected chi connectivity index (χ1v) is 18.8. The van der Waals surface area contributed by atoms with Crippen molar-refractivity contribution in [2.24, 2.45) is 5.92 Å². The Bertz CT molecular complexity index is 1330. The first-order valence-electron chi connectivity index (χ1n) is 17.9. The molecule has 1 aromatic rings. The van der Waals surface area contributed by atoms with Crippen LogP contribution in [0.2, 0.25) is 0 Å². The fraction of sp³-hybridized carbons (Fsp3) is 0.649. The highest BCUT2D eigenvalue weighted by atomic mass is 32.2. The van der Waals surface area contributed by atoms with E-state index in [9.17, 15) is 28.4 Å². The van der Waals surface area contributed by atoms with Gasteiger partial charge in [-0.15, -0.1) is 6.58 Å². The van der Waals surface area contributed by atoms with Crippen molar-refractivity contribution in [3.8, 4) is 0 Å². The van der Waals surface area contributed by atoms with Crippen LogP contribution in [0.15, 0.2) is 30.9 Å². The van der Waals surface area contributed by atoms with Crippen LogP contribution in [0.25, 0.3) is 0 Å². The molecule has 13 heteroatoms. The molecule has 0 spiro atoms. The van der Waals surface area contributed by atoms with Gasteiger partial charge in [-0.2, -0.15) is 0 Å². The van der Waals surface area contributed by atoms with Gasteiger partial charge in [-0.3, -0.25) is 28.8 Å². The molecule has 4 aliphatic rings. The minimum atomic E-state index is -1.00. The van der Waals surface area contributed by atoms with Gasteiger partial charge in [-0.25, -0.2) is 9.18 Å². The Morgan fingerprint density at radius 2 is 1.64 bits per heavy atom. The quantitative estimate of drug-likeness (QED) is 0.170. The molecular formula is C37H56FN5O6S. The van der Waals surface area contributed by atoms with E-state index < -0.39 is 18.2 Å². The Morgan fingerprint density at radius 3 is 2.18 bits per heavy atom. The highest BCUT2D eigenvalue weighted by Gasteiger charge is 2.37. The number of benzene rings is 1. The molecule has 5 rings (SSSR count). The summed E-state index contributed by atoms with van der Waals surface area (Å²) in [4.78, 5) is 63.6. The zero-order valence-corrected chi connectivity index (χ0v) is 30.9. The lowest BCUT2D eigenvalue weighted by molar-refractivity contribution is -0.140. The summed E-state index contributed by atoms with van der Waals surface area (Å²) < 4.78 is 15.9. The van der Waals surface area contributed by atoms with Crippen LogP contribution in [0.3, 0.4) is 0 Å². The van der Waals surface area contributed by atoms with E-state index in [-0.39, 0.29) is 60.3 Å². The van der Waals surface area contributed by atoms with Crippen LogP contribution in [0.5, 0.6) is 0 Å². The average Bonchev–Trinajstić information content (AvgIpc) is 3.57. The van der Waals surface area contributed by atoms with Crippen LogP contribution in [-0.4, -0.2) is 74.0 Å². The second-order valence-corrected chi connectivity index (χ2v) is 15.7.